The number of nitrogens with one attached hydrogen (secondary N) is 1. The molecule has 1 amide bonds. The Hall–Kier alpha value is -1.73. The normalized spacial score (nSPS) is 22.6. The minimum absolute atomic E-state index is 0.106. The van der Waals surface area contributed by atoms with Gasteiger partial charge in [-0.3, -0.25) is 9.48 Å². The molecule has 1 atom stereocenters. The SMILES string of the molecule is Cc1ncsc1C(=O)N[C@H](c1cnn(C)c1)C1CC(O)C1. The zero-order chi connectivity index (χ0) is 15.0. The molecule has 2 heterocycles. The lowest BCUT2D eigenvalue weighted by atomic mass is 9.75. The summed E-state index contributed by atoms with van der Waals surface area (Å²) in [7, 11) is 1.85. The number of carbonyl (C=O) groups is 1. The summed E-state index contributed by atoms with van der Waals surface area (Å²) in [5, 5.41) is 16.8. The van der Waals surface area contributed by atoms with Crippen LogP contribution in [0.2, 0.25) is 0 Å². The topological polar surface area (TPSA) is 80.0 Å². The predicted molar refractivity (Wildman–Crippen MR) is 79.0 cm³/mol. The third-order valence-corrected chi connectivity index (χ3v) is 4.87. The molecule has 2 aromatic rings. The molecule has 0 bridgehead atoms. The molecule has 0 aromatic carbocycles. The van der Waals surface area contributed by atoms with E-state index in [0.29, 0.717) is 17.7 Å². The van der Waals surface area contributed by atoms with E-state index < -0.39 is 0 Å². The van der Waals surface area contributed by atoms with Crippen LogP contribution < -0.4 is 5.32 Å². The Morgan fingerprint density at radius 3 is 2.86 bits per heavy atom. The van der Waals surface area contributed by atoms with E-state index in [1.807, 2.05) is 20.2 Å². The molecule has 2 aromatic heterocycles. The number of hydrogen-bond donors (Lipinski definition) is 2. The van der Waals surface area contributed by atoms with Crippen LogP contribution in [0, 0.1) is 12.8 Å². The molecule has 1 saturated carbocycles. The summed E-state index contributed by atoms with van der Waals surface area (Å²) in [6.45, 7) is 1.83. The summed E-state index contributed by atoms with van der Waals surface area (Å²) in [6.07, 6.45) is 4.85. The second-order valence-electron chi connectivity index (χ2n) is 5.55. The van der Waals surface area contributed by atoms with E-state index in [1.54, 1.807) is 16.4 Å². The van der Waals surface area contributed by atoms with Crippen LogP contribution in [0.4, 0.5) is 0 Å². The van der Waals surface area contributed by atoms with Crippen molar-refractivity contribution in [3.05, 3.63) is 34.0 Å². The van der Waals surface area contributed by atoms with Gasteiger partial charge in [0, 0.05) is 18.8 Å². The largest absolute Gasteiger partial charge is 0.393 e. The Bertz CT molecular complexity index is 645. The van der Waals surface area contributed by atoms with Crippen molar-refractivity contribution in [2.75, 3.05) is 0 Å². The first-order valence-electron chi connectivity index (χ1n) is 6.92. The van der Waals surface area contributed by atoms with Crippen molar-refractivity contribution >= 4 is 17.2 Å². The van der Waals surface area contributed by atoms with E-state index >= 15 is 0 Å². The summed E-state index contributed by atoms with van der Waals surface area (Å²) < 4.78 is 1.72. The van der Waals surface area contributed by atoms with Gasteiger partial charge in [-0.1, -0.05) is 0 Å². The van der Waals surface area contributed by atoms with Crippen molar-refractivity contribution in [3.63, 3.8) is 0 Å². The first-order valence-corrected chi connectivity index (χ1v) is 7.80. The molecule has 0 unspecified atom stereocenters. The van der Waals surface area contributed by atoms with Crippen molar-refractivity contribution in [2.24, 2.45) is 13.0 Å². The second-order valence-corrected chi connectivity index (χ2v) is 6.41. The van der Waals surface area contributed by atoms with Gasteiger partial charge in [-0.2, -0.15) is 5.10 Å². The van der Waals surface area contributed by atoms with Gasteiger partial charge in [-0.25, -0.2) is 4.98 Å². The van der Waals surface area contributed by atoms with E-state index in [2.05, 4.69) is 15.4 Å². The van der Waals surface area contributed by atoms with Gasteiger partial charge >= 0.3 is 0 Å². The quantitative estimate of drug-likeness (QED) is 0.895. The Morgan fingerprint density at radius 2 is 2.33 bits per heavy atom. The van der Waals surface area contributed by atoms with Crippen molar-refractivity contribution in [1.29, 1.82) is 0 Å². The molecule has 0 spiro atoms. The summed E-state index contributed by atoms with van der Waals surface area (Å²) in [5.41, 5.74) is 3.40. The lowest BCUT2D eigenvalue weighted by Crippen LogP contribution is -2.41. The first kappa shape index (κ1) is 14.2. The lowest BCUT2D eigenvalue weighted by molar-refractivity contribution is 0.0235. The lowest BCUT2D eigenvalue weighted by Gasteiger charge is -2.37. The average Bonchev–Trinajstić information content (AvgIpc) is 3.01. The van der Waals surface area contributed by atoms with Gasteiger partial charge in [0.15, 0.2) is 0 Å². The number of aliphatic hydroxyl groups excluding tert-OH is 1. The molecule has 6 nitrogen and oxygen atoms in total. The third-order valence-electron chi connectivity index (χ3n) is 3.94. The first-order chi connectivity index (χ1) is 10.0. The monoisotopic (exact) mass is 306 g/mol. The van der Waals surface area contributed by atoms with Crippen LogP contribution in [-0.2, 0) is 7.05 Å². The highest BCUT2D eigenvalue weighted by Crippen LogP contribution is 2.38. The van der Waals surface area contributed by atoms with E-state index in [1.165, 1.54) is 11.3 Å². The molecule has 2 N–H and O–H groups in total. The molecule has 7 heteroatoms. The van der Waals surface area contributed by atoms with Gasteiger partial charge < -0.3 is 10.4 Å². The number of nitrogens with zero attached hydrogens (tertiary/aromatic N) is 3. The highest BCUT2D eigenvalue weighted by atomic mass is 32.1. The van der Waals surface area contributed by atoms with Gasteiger partial charge in [0.2, 0.25) is 0 Å². The van der Waals surface area contributed by atoms with E-state index in [9.17, 15) is 9.90 Å². The zero-order valence-corrected chi connectivity index (χ0v) is 12.8. The predicted octanol–water partition coefficient (Wildman–Crippen LogP) is 1.43. The van der Waals surface area contributed by atoms with Crippen LogP contribution >= 0.6 is 11.3 Å². The molecule has 0 saturated heterocycles. The summed E-state index contributed by atoms with van der Waals surface area (Å²) in [6, 6.07) is -0.115. The van der Waals surface area contributed by atoms with Crippen molar-refractivity contribution in [2.45, 2.75) is 31.9 Å². The number of rotatable bonds is 4. The Labute approximate surface area is 126 Å². The Balaban J connectivity index is 1.79. The van der Waals surface area contributed by atoms with E-state index in [0.717, 1.165) is 11.3 Å². The molecule has 112 valence electrons. The van der Waals surface area contributed by atoms with Crippen LogP contribution in [0.1, 0.15) is 39.8 Å². The van der Waals surface area contributed by atoms with Crippen LogP contribution in [-0.4, -0.2) is 31.9 Å². The van der Waals surface area contributed by atoms with E-state index in [4.69, 9.17) is 0 Å². The Morgan fingerprint density at radius 1 is 1.57 bits per heavy atom. The molecule has 0 radical (unpaired) electrons. The summed E-state index contributed by atoms with van der Waals surface area (Å²) in [4.78, 5) is 17.2. The molecule has 3 rings (SSSR count). The molecule has 1 aliphatic carbocycles. The zero-order valence-electron chi connectivity index (χ0n) is 12.0. The molecule has 0 aliphatic heterocycles. The number of hydrogen-bond acceptors (Lipinski definition) is 5. The van der Waals surface area contributed by atoms with Gasteiger partial charge in [-0.05, 0) is 25.7 Å². The van der Waals surface area contributed by atoms with Crippen LogP contribution in [0.3, 0.4) is 0 Å². The van der Waals surface area contributed by atoms with Gasteiger partial charge in [0.25, 0.3) is 5.91 Å². The maximum Gasteiger partial charge on any atom is 0.263 e. The number of carbonyl (C=O) groups excluding carboxylic acids is 1. The maximum atomic E-state index is 12.4. The van der Waals surface area contributed by atoms with Gasteiger partial charge in [0.05, 0.1) is 29.5 Å². The fourth-order valence-electron chi connectivity index (χ4n) is 2.70. The van der Waals surface area contributed by atoms with Crippen molar-refractivity contribution < 1.29 is 9.90 Å². The minimum Gasteiger partial charge on any atom is -0.393 e. The van der Waals surface area contributed by atoms with Gasteiger partial charge in [0.1, 0.15) is 4.88 Å². The minimum atomic E-state index is -0.254. The highest BCUT2D eigenvalue weighted by molar-refractivity contribution is 7.11. The molecule has 1 aliphatic rings. The maximum absolute atomic E-state index is 12.4. The molecular weight excluding hydrogens is 288 g/mol. The standard InChI is InChI=1S/C14H18N4O2S/c1-8-13(21-7-15-8)14(20)17-12(9-3-11(19)4-9)10-5-16-18(2)6-10/h5-7,9,11-12,19H,3-4H2,1-2H3,(H,17,20)/t9?,11?,12-/m0/s1. The molecule has 1 fully saturated rings. The fraction of sp³-hybridized carbons (Fsp3) is 0.500. The van der Waals surface area contributed by atoms with Gasteiger partial charge in [-0.15, -0.1) is 11.3 Å². The second kappa shape index (κ2) is 5.57. The van der Waals surface area contributed by atoms with Crippen LogP contribution in [0.25, 0.3) is 0 Å². The summed E-state index contributed by atoms with van der Waals surface area (Å²) in [5.74, 6) is 0.145. The Kier molecular flexibility index (Phi) is 3.77. The molecule has 21 heavy (non-hydrogen) atoms. The third kappa shape index (κ3) is 2.84. The van der Waals surface area contributed by atoms with Crippen molar-refractivity contribution in [3.8, 4) is 0 Å². The van der Waals surface area contributed by atoms with Crippen molar-refractivity contribution in [1.82, 2.24) is 20.1 Å². The van der Waals surface area contributed by atoms with Crippen LogP contribution in [0.5, 0.6) is 0 Å². The van der Waals surface area contributed by atoms with E-state index in [-0.39, 0.29) is 24.0 Å². The number of aryl methyl sites for hydroxylation is 2. The smallest absolute Gasteiger partial charge is 0.263 e. The average molecular weight is 306 g/mol. The number of aromatic nitrogens is 3. The molecular formula is C14H18N4O2S. The highest BCUT2D eigenvalue weighted by Gasteiger charge is 2.36. The van der Waals surface area contributed by atoms with Crippen LogP contribution in [0.15, 0.2) is 17.9 Å². The fourth-order valence-corrected chi connectivity index (χ4v) is 3.41. The summed E-state index contributed by atoms with van der Waals surface area (Å²) >= 11 is 1.34. The number of aliphatic hydroxyl groups is 1. The number of amides is 1. The number of thiazole rings is 1.